The van der Waals surface area contributed by atoms with Gasteiger partial charge in [0, 0.05) is 39.2 Å². The van der Waals surface area contributed by atoms with Crippen LogP contribution in [0.25, 0.3) is 0 Å². The topological polar surface area (TPSA) is 49.9 Å². The standard InChI is InChI=1S/C18H28N2O3S/c1-14(2)13-20(10-11-23-3)17(21)15-6-8-19(9-7-15)18(22)16-5-4-12-24-16/h4-5,12,14-15H,6-11,13H2,1-3H3. The maximum absolute atomic E-state index is 12.8. The van der Waals surface area contributed by atoms with Crippen LogP contribution in [0.3, 0.4) is 0 Å². The van der Waals surface area contributed by atoms with Crippen LogP contribution in [0.2, 0.25) is 0 Å². The first-order valence-electron chi connectivity index (χ1n) is 8.63. The highest BCUT2D eigenvalue weighted by atomic mass is 32.1. The van der Waals surface area contributed by atoms with Crippen molar-refractivity contribution in [1.29, 1.82) is 0 Å². The van der Waals surface area contributed by atoms with Gasteiger partial charge in [-0.1, -0.05) is 19.9 Å². The number of ether oxygens (including phenoxy) is 1. The van der Waals surface area contributed by atoms with E-state index < -0.39 is 0 Å². The molecule has 0 unspecified atom stereocenters. The maximum atomic E-state index is 12.8. The quantitative estimate of drug-likeness (QED) is 0.758. The van der Waals surface area contributed by atoms with Crippen LogP contribution < -0.4 is 0 Å². The number of thiophene rings is 1. The van der Waals surface area contributed by atoms with Gasteiger partial charge in [0.15, 0.2) is 0 Å². The Bertz CT molecular complexity index is 522. The fourth-order valence-electron chi connectivity index (χ4n) is 3.08. The number of methoxy groups -OCH3 is 1. The van der Waals surface area contributed by atoms with E-state index in [9.17, 15) is 9.59 Å². The molecule has 0 aromatic carbocycles. The minimum Gasteiger partial charge on any atom is -0.383 e. The van der Waals surface area contributed by atoms with E-state index in [0.29, 0.717) is 32.2 Å². The molecule has 2 amide bonds. The molecule has 0 radical (unpaired) electrons. The highest BCUT2D eigenvalue weighted by molar-refractivity contribution is 7.12. The van der Waals surface area contributed by atoms with E-state index in [4.69, 9.17) is 4.74 Å². The monoisotopic (exact) mass is 352 g/mol. The fraction of sp³-hybridized carbons (Fsp3) is 0.667. The summed E-state index contributed by atoms with van der Waals surface area (Å²) >= 11 is 1.47. The second kappa shape index (κ2) is 9.18. The van der Waals surface area contributed by atoms with Gasteiger partial charge in [-0.3, -0.25) is 9.59 Å². The fourth-order valence-corrected chi connectivity index (χ4v) is 3.77. The molecule has 24 heavy (non-hydrogen) atoms. The van der Waals surface area contributed by atoms with E-state index in [1.54, 1.807) is 7.11 Å². The van der Waals surface area contributed by atoms with Crippen molar-refractivity contribution in [3.05, 3.63) is 22.4 Å². The van der Waals surface area contributed by atoms with Gasteiger partial charge in [-0.05, 0) is 30.2 Å². The maximum Gasteiger partial charge on any atom is 0.263 e. The highest BCUT2D eigenvalue weighted by Crippen LogP contribution is 2.23. The first-order chi connectivity index (χ1) is 11.5. The van der Waals surface area contributed by atoms with E-state index in [0.717, 1.165) is 24.3 Å². The van der Waals surface area contributed by atoms with Gasteiger partial charge >= 0.3 is 0 Å². The molecule has 5 nitrogen and oxygen atoms in total. The molecular formula is C18H28N2O3S. The molecule has 1 aliphatic rings. The molecule has 1 saturated heterocycles. The summed E-state index contributed by atoms with van der Waals surface area (Å²) in [6, 6.07) is 3.76. The lowest BCUT2D eigenvalue weighted by molar-refractivity contribution is -0.138. The lowest BCUT2D eigenvalue weighted by Crippen LogP contribution is -2.46. The minimum absolute atomic E-state index is 0.0213. The van der Waals surface area contributed by atoms with Crippen molar-refractivity contribution in [2.75, 3.05) is 39.9 Å². The smallest absolute Gasteiger partial charge is 0.263 e. The van der Waals surface area contributed by atoms with E-state index >= 15 is 0 Å². The van der Waals surface area contributed by atoms with Crippen LogP contribution >= 0.6 is 11.3 Å². The Morgan fingerprint density at radius 3 is 2.62 bits per heavy atom. The number of rotatable bonds is 7. The number of amides is 2. The summed E-state index contributed by atoms with van der Waals surface area (Å²) in [5.74, 6) is 0.762. The van der Waals surface area contributed by atoms with Crippen molar-refractivity contribution in [3.8, 4) is 0 Å². The molecular weight excluding hydrogens is 324 g/mol. The molecule has 1 aromatic rings. The molecule has 2 rings (SSSR count). The number of likely N-dealkylation sites (tertiary alicyclic amines) is 1. The van der Waals surface area contributed by atoms with E-state index in [1.165, 1.54) is 11.3 Å². The molecule has 2 heterocycles. The van der Waals surface area contributed by atoms with Crippen LogP contribution in [0.4, 0.5) is 0 Å². The summed E-state index contributed by atoms with van der Waals surface area (Å²) in [4.78, 5) is 29.8. The predicted octanol–water partition coefficient (Wildman–Crippen LogP) is 2.73. The van der Waals surface area contributed by atoms with Gasteiger partial charge in [-0.15, -0.1) is 11.3 Å². The van der Waals surface area contributed by atoms with Gasteiger partial charge in [-0.25, -0.2) is 0 Å². The number of piperidine rings is 1. The van der Waals surface area contributed by atoms with Crippen molar-refractivity contribution in [2.24, 2.45) is 11.8 Å². The molecule has 0 aliphatic carbocycles. The largest absolute Gasteiger partial charge is 0.383 e. The number of hydrogen-bond acceptors (Lipinski definition) is 4. The Morgan fingerprint density at radius 1 is 1.38 bits per heavy atom. The normalized spacial score (nSPS) is 15.8. The Morgan fingerprint density at radius 2 is 2.08 bits per heavy atom. The molecule has 0 N–H and O–H groups in total. The Kier molecular flexibility index (Phi) is 7.24. The molecule has 6 heteroatoms. The lowest BCUT2D eigenvalue weighted by Gasteiger charge is -2.34. The summed E-state index contributed by atoms with van der Waals surface area (Å²) < 4.78 is 5.14. The molecule has 1 fully saturated rings. The summed E-state index contributed by atoms with van der Waals surface area (Å²) in [7, 11) is 1.66. The molecule has 1 aromatic heterocycles. The summed E-state index contributed by atoms with van der Waals surface area (Å²) in [5, 5.41) is 1.92. The van der Waals surface area contributed by atoms with Crippen LogP contribution in [0, 0.1) is 11.8 Å². The van der Waals surface area contributed by atoms with Gasteiger partial charge in [0.25, 0.3) is 5.91 Å². The Hall–Kier alpha value is -1.40. The highest BCUT2D eigenvalue weighted by Gasteiger charge is 2.30. The van der Waals surface area contributed by atoms with Crippen molar-refractivity contribution in [2.45, 2.75) is 26.7 Å². The van der Waals surface area contributed by atoms with Crippen molar-refractivity contribution >= 4 is 23.2 Å². The van der Waals surface area contributed by atoms with Gasteiger partial charge in [0.2, 0.25) is 5.91 Å². The molecule has 0 atom stereocenters. The van der Waals surface area contributed by atoms with Crippen molar-refractivity contribution in [1.82, 2.24) is 9.80 Å². The number of nitrogens with zero attached hydrogens (tertiary/aromatic N) is 2. The molecule has 134 valence electrons. The van der Waals surface area contributed by atoms with Crippen LogP contribution in [-0.2, 0) is 9.53 Å². The van der Waals surface area contributed by atoms with E-state index in [2.05, 4.69) is 13.8 Å². The third-order valence-electron chi connectivity index (χ3n) is 4.33. The minimum atomic E-state index is 0.0213. The average Bonchev–Trinajstić information content (AvgIpc) is 3.11. The zero-order valence-corrected chi connectivity index (χ0v) is 15.7. The zero-order valence-electron chi connectivity index (χ0n) is 14.9. The third kappa shape index (κ3) is 5.05. The van der Waals surface area contributed by atoms with Gasteiger partial charge in [-0.2, -0.15) is 0 Å². The first kappa shape index (κ1) is 18.9. The molecule has 1 aliphatic heterocycles. The van der Waals surface area contributed by atoms with Crippen LogP contribution in [0.1, 0.15) is 36.4 Å². The van der Waals surface area contributed by atoms with Crippen molar-refractivity contribution in [3.63, 3.8) is 0 Å². The van der Waals surface area contributed by atoms with Crippen molar-refractivity contribution < 1.29 is 14.3 Å². The van der Waals surface area contributed by atoms with Crippen LogP contribution in [-0.4, -0.2) is 61.5 Å². The van der Waals surface area contributed by atoms with Gasteiger partial charge < -0.3 is 14.5 Å². The summed E-state index contributed by atoms with van der Waals surface area (Å²) in [5.41, 5.74) is 0. The van der Waals surface area contributed by atoms with Gasteiger partial charge in [0.05, 0.1) is 11.5 Å². The van der Waals surface area contributed by atoms with Crippen LogP contribution in [0.15, 0.2) is 17.5 Å². The predicted molar refractivity (Wildman–Crippen MR) is 96.2 cm³/mol. The number of carbonyl (C=O) groups is 2. The molecule has 0 spiro atoms. The average molecular weight is 353 g/mol. The third-order valence-corrected chi connectivity index (χ3v) is 5.18. The molecule has 0 bridgehead atoms. The number of hydrogen-bond donors (Lipinski definition) is 0. The van der Waals surface area contributed by atoms with E-state index in [-0.39, 0.29) is 17.7 Å². The molecule has 0 saturated carbocycles. The summed E-state index contributed by atoms with van der Waals surface area (Å²) in [6.45, 7) is 7.52. The van der Waals surface area contributed by atoms with Gasteiger partial charge in [0.1, 0.15) is 0 Å². The summed E-state index contributed by atoms with van der Waals surface area (Å²) in [6.07, 6.45) is 1.50. The zero-order chi connectivity index (χ0) is 17.5. The number of carbonyl (C=O) groups excluding carboxylic acids is 2. The second-order valence-corrected chi connectivity index (χ2v) is 7.66. The Labute approximate surface area is 148 Å². The lowest BCUT2D eigenvalue weighted by atomic mass is 9.94. The van der Waals surface area contributed by atoms with Crippen LogP contribution in [0.5, 0.6) is 0 Å². The first-order valence-corrected chi connectivity index (χ1v) is 9.51. The second-order valence-electron chi connectivity index (χ2n) is 6.71. The SMILES string of the molecule is COCCN(CC(C)C)C(=O)C1CCN(C(=O)c2cccs2)CC1. The Balaban J connectivity index is 1.89. The van der Waals surface area contributed by atoms with E-state index in [1.807, 2.05) is 27.3 Å².